The third-order valence-electron chi connectivity index (χ3n) is 4.25. The number of nitrogens with one attached hydrogen (secondary N) is 3. The molecule has 1 aromatic rings. The number of nitrogens with zero attached hydrogens (tertiary/aromatic N) is 1. The van der Waals surface area contributed by atoms with Crippen molar-refractivity contribution >= 4 is 23.5 Å². The van der Waals surface area contributed by atoms with E-state index in [-0.39, 0.29) is 11.9 Å². The van der Waals surface area contributed by atoms with Gasteiger partial charge in [-0.05, 0) is 45.0 Å². The number of amides is 3. The summed E-state index contributed by atoms with van der Waals surface area (Å²) in [5.74, 6) is -0.243. The number of rotatable bonds is 7. The number of carbonyl (C=O) groups excluding carboxylic acids is 2. The van der Waals surface area contributed by atoms with Crippen LogP contribution >= 0.6 is 11.6 Å². The molecule has 0 saturated carbocycles. The van der Waals surface area contributed by atoms with E-state index in [9.17, 15) is 9.59 Å². The topological polar surface area (TPSA) is 73.5 Å². The number of hydrogen-bond donors (Lipinski definition) is 3. The molecule has 1 saturated heterocycles. The highest BCUT2D eigenvalue weighted by Crippen LogP contribution is 2.17. The summed E-state index contributed by atoms with van der Waals surface area (Å²) in [5, 5.41) is 8.72. The molecule has 132 valence electrons. The Bertz CT molecular complexity index is 567. The molecule has 0 aromatic heterocycles. The third kappa shape index (κ3) is 5.69. The number of likely N-dealkylation sites (tertiary alicyclic amines) is 1. The van der Waals surface area contributed by atoms with E-state index < -0.39 is 0 Å². The van der Waals surface area contributed by atoms with Crippen molar-refractivity contribution < 1.29 is 9.59 Å². The van der Waals surface area contributed by atoms with Crippen LogP contribution in [0.4, 0.5) is 4.79 Å². The molecule has 6 nitrogen and oxygen atoms in total. The van der Waals surface area contributed by atoms with E-state index in [1.54, 1.807) is 24.3 Å². The maximum atomic E-state index is 11.9. The molecule has 1 aliphatic rings. The van der Waals surface area contributed by atoms with Gasteiger partial charge in [0.2, 0.25) is 0 Å². The van der Waals surface area contributed by atoms with Gasteiger partial charge in [-0.15, -0.1) is 0 Å². The molecule has 0 radical (unpaired) electrons. The van der Waals surface area contributed by atoms with Gasteiger partial charge < -0.3 is 20.9 Å². The number of urea groups is 1. The zero-order valence-corrected chi connectivity index (χ0v) is 14.7. The number of carbonyl (C=O) groups is 2. The average molecular weight is 353 g/mol. The lowest BCUT2D eigenvalue weighted by Crippen LogP contribution is -2.41. The van der Waals surface area contributed by atoms with Crippen LogP contribution in [0.2, 0.25) is 5.02 Å². The molecule has 1 unspecified atom stereocenters. The van der Waals surface area contributed by atoms with Crippen LogP contribution in [-0.4, -0.2) is 56.1 Å². The van der Waals surface area contributed by atoms with Gasteiger partial charge in [-0.25, -0.2) is 4.79 Å². The zero-order valence-electron chi connectivity index (χ0n) is 14.0. The molecule has 24 heavy (non-hydrogen) atoms. The molecular formula is C17H25ClN4O2. The average Bonchev–Trinajstić information content (AvgIpc) is 2.97. The van der Waals surface area contributed by atoms with E-state index in [1.807, 2.05) is 0 Å². The van der Waals surface area contributed by atoms with Gasteiger partial charge >= 0.3 is 6.03 Å². The van der Waals surface area contributed by atoms with Crippen molar-refractivity contribution in [1.82, 2.24) is 20.9 Å². The minimum Gasteiger partial charge on any atom is -0.350 e. The number of benzene rings is 1. The van der Waals surface area contributed by atoms with Crippen LogP contribution in [0.15, 0.2) is 24.3 Å². The lowest BCUT2D eigenvalue weighted by Gasteiger charge is -2.19. The fraction of sp³-hybridized carbons (Fsp3) is 0.529. The van der Waals surface area contributed by atoms with E-state index >= 15 is 0 Å². The number of halogens is 1. The fourth-order valence-electron chi connectivity index (χ4n) is 2.85. The van der Waals surface area contributed by atoms with Gasteiger partial charge in [0.1, 0.15) is 0 Å². The second-order valence-electron chi connectivity index (χ2n) is 5.98. The van der Waals surface area contributed by atoms with Crippen molar-refractivity contribution in [1.29, 1.82) is 0 Å². The first-order valence-electron chi connectivity index (χ1n) is 8.32. The van der Waals surface area contributed by atoms with Gasteiger partial charge in [-0.2, -0.15) is 0 Å². The predicted octanol–water partition coefficient (Wildman–Crippen LogP) is 1.85. The Balaban J connectivity index is 1.56. The van der Waals surface area contributed by atoms with Crippen LogP contribution in [0, 0.1) is 0 Å². The van der Waals surface area contributed by atoms with Crippen molar-refractivity contribution in [2.24, 2.45) is 0 Å². The quantitative estimate of drug-likeness (QED) is 0.656. The summed E-state index contributed by atoms with van der Waals surface area (Å²) >= 11 is 5.96. The summed E-state index contributed by atoms with van der Waals surface area (Å²) in [6, 6.07) is 7.23. The van der Waals surface area contributed by atoms with Crippen LogP contribution in [-0.2, 0) is 0 Å². The minimum atomic E-state index is -0.243. The van der Waals surface area contributed by atoms with Gasteiger partial charge in [0.25, 0.3) is 5.91 Å². The molecular weight excluding hydrogens is 328 g/mol. The summed E-state index contributed by atoms with van der Waals surface area (Å²) in [6.45, 7) is 2.52. The highest BCUT2D eigenvalue weighted by molar-refractivity contribution is 6.33. The predicted molar refractivity (Wildman–Crippen MR) is 95.5 cm³/mol. The third-order valence-corrected chi connectivity index (χ3v) is 4.58. The standard InChI is InChI=1S/C17H25ClN4O2/c1-22-12-4-5-13(22)8-9-20-17(24)21-11-10-19-16(23)14-6-2-3-7-15(14)18/h2-3,6-7,13H,4-5,8-12H2,1H3,(H,19,23)(H2,20,21,24). The first-order valence-corrected chi connectivity index (χ1v) is 8.70. The van der Waals surface area contributed by atoms with Crippen molar-refractivity contribution in [2.75, 3.05) is 33.2 Å². The normalized spacial score (nSPS) is 17.5. The van der Waals surface area contributed by atoms with Gasteiger partial charge in [0.15, 0.2) is 0 Å². The summed E-state index contributed by atoms with van der Waals surface area (Å²) in [7, 11) is 2.12. The smallest absolute Gasteiger partial charge is 0.314 e. The van der Waals surface area contributed by atoms with Gasteiger partial charge in [-0.3, -0.25) is 4.79 Å². The Morgan fingerprint density at radius 2 is 1.88 bits per heavy atom. The Hall–Kier alpha value is -1.79. The molecule has 1 heterocycles. The Morgan fingerprint density at radius 3 is 2.58 bits per heavy atom. The first-order chi connectivity index (χ1) is 11.6. The monoisotopic (exact) mass is 352 g/mol. The summed E-state index contributed by atoms with van der Waals surface area (Å²) in [6.07, 6.45) is 3.40. The maximum absolute atomic E-state index is 11.9. The Labute approximate surface area is 147 Å². The highest BCUT2D eigenvalue weighted by atomic mass is 35.5. The summed E-state index contributed by atoms with van der Waals surface area (Å²) in [4.78, 5) is 26.0. The van der Waals surface area contributed by atoms with Crippen LogP contribution in [0.25, 0.3) is 0 Å². The van der Waals surface area contributed by atoms with E-state index in [4.69, 9.17) is 11.6 Å². The molecule has 1 aliphatic heterocycles. The SMILES string of the molecule is CN1CCCC1CCNC(=O)NCCNC(=O)c1ccccc1Cl. The molecule has 3 amide bonds. The van der Waals surface area contributed by atoms with E-state index in [0.717, 1.165) is 13.0 Å². The van der Waals surface area contributed by atoms with E-state index in [1.165, 1.54) is 12.8 Å². The Morgan fingerprint density at radius 1 is 1.17 bits per heavy atom. The molecule has 3 N–H and O–H groups in total. The first kappa shape index (κ1) is 18.5. The molecule has 2 rings (SSSR count). The molecule has 7 heteroatoms. The fourth-order valence-corrected chi connectivity index (χ4v) is 3.07. The lowest BCUT2D eigenvalue weighted by molar-refractivity contribution is 0.0954. The molecule has 0 spiro atoms. The van der Waals surface area contributed by atoms with Crippen molar-refractivity contribution in [3.05, 3.63) is 34.9 Å². The molecule has 1 aromatic carbocycles. The highest BCUT2D eigenvalue weighted by Gasteiger charge is 2.20. The van der Waals surface area contributed by atoms with Crippen LogP contribution < -0.4 is 16.0 Å². The summed E-state index contributed by atoms with van der Waals surface area (Å²) in [5.41, 5.74) is 0.435. The second kappa shape index (κ2) is 9.49. The van der Waals surface area contributed by atoms with Crippen LogP contribution in [0.3, 0.4) is 0 Å². The van der Waals surface area contributed by atoms with Gasteiger partial charge in [-0.1, -0.05) is 23.7 Å². The molecule has 1 atom stereocenters. The van der Waals surface area contributed by atoms with Gasteiger partial charge in [0, 0.05) is 25.7 Å². The van der Waals surface area contributed by atoms with E-state index in [2.05, 4.69) is 27.9 Å². The van der Waals surface area contributed by atoms with Crippen molar-refractivity contribution in [3.63, 3.8) is 0 Å². The van der Waals surface area contributed by atoms with E-state index in [0.29, 0.717) is 36.3 Å². The largest absolute Gasteiger partial charge is 0.350 e. The lowest BCUT2D eigenvalue weighted by atomic mass is 10.1. The van der Waals surface area contributed by atoms with Crippen LogP contribution in [0.1, 0.15) is 29.6 Å². The van der Waals surface area contributed by atoms with Crippen LogP contribution in [0.5, 0.6) is 0 Å². The Kier molecular flexibility index (Phi) is 7.34. The molecule has 0 aliphatic carbocycles. The minimum absolute atomic E-state index is 0.206. The number of hydrogen-bond acceptors (Lipinski definition) is 3. The van der Waals surface area contributed by atoms with Gasteiger partial charge in [0.05, 0.1) is 10.6 Å². The van der Waals surface area contributed by atoms with Crippen molar-refractivity contribution in [2.45, 2.75) is 25.3 Å². The molecule has 0 bridgehead atoms. The summed E-state index contributed by atoms with van der Waals surface area (Å²) < 4.78 is 0. The second-order valence-corrected chi connectivity index (χ2v) is 6.39. The molecule has 1 fully saturated rings. The van der Waals surface area contributed by atoms with Crippen molar-refractivity contribution in [3.8, 4) is 0 Å². The zero-order chi connectivity index (χ0) is 17.4. The maximum Gasteiger partial charge on any atom is 0.314 e.